The lowest BCUT2D eigenvalue weighted by molar-refractivity contribution is 0.176. The van der Waals surface area contributed by atoms with E-state index in [2.05, 4.69) is 18.7 Å². The van der Waals surface area contributed by atoms with Crippen LogP contribution in [0.5, 0.6) is 0 Å². The molecule has 2 heterocycles. The Balaban J connectivity index is 2.22. The van der Waals surface area contributed by atoms with Gasteiger partial charge in [0.2, 0.25) is 0 Å². The largest absolute Gasteiger partial charge is 0.468 e. The quantitative estimate of drug-likeness (QED) is 0.780. The standard InChI is InChI=1S/C11H18N2O/c1-8(2)13-6-5-9(12)11(13)10-4-3-7-14-10/h3-4,7-9,11H,5-6,12H2,1-2H3/t9-,11-/m0/s1. The molecule has 0 aliphatic carbocycles. The molecule has 0 aromatic carbocycles. The molecule has 2 rings (SSSR count). The number of furan rings is 1. The molecule has 1 aliphatic rings. The van der Waals surface area contributed by atoms with Crippen molar-refractivity contribution in [2.75, 3.05) is 6.54 Å². The molecule has 0 amide bonds. The minimum atomic E-state index is 0.212. The number of hydrogen-bond donors (Lipinski definition) is 1. The van der Waals surface area contributed by atoms with Crippen LogP contribution in [0, 0.1) is 0 Å². The van der Waals surface area contributed by atoms with Crippen LogP contribution < -0.4 is 5.73 Å². The van der Waals surface area contributed by atoms with E-state index in [1.807, 2.05) is 12.1 Å². The molecule has 3 nitrogen and oxygen atoms in total. The summed E-state index contributed by atoms with van der Waals surface area (Å²) in [7, 11) is 0. The van der Waals surface area contributed by atoms with Gasteiger partial charge in [-0.05, 0) is 32.4 Å². The zero-order chi connectivity index (χ0) is 10.1. The SMILES string of the molecule is CC(C)N1CC[C@H](N)[C@H]1c1ccco1. The summed E-state index contributed by atoms with van der Waals surface area (Å²) in [5.41, 5.74) is 6.10. The Morgan fingerprint density at radius 1 is 1.57 bits per heavy atom. The number of hydrogen-bond acceptors (Lipinski definition) is 3. The molecule has 0 bridgehead atoms. The first-order chi connectivity index (χ1) is 6.70. The van der Waals surface area contributed by atoms with Crippen LogP contribution in [-0.4, -0.2) is 23.5 Å². The molecule has 2 N–H and O–H groups in total. The van der Waals surface area contributed by atoms with E-state index < -0.39 is 0 Å². The summed E-state index contributed by atoms with van der Waals surface area (Å²) in [4.78, 5) is 2.41. The zero-order valence-corrected chi connectivity index (χ0v) is 8.81. The smallest absolute Gasteiger partial charge is 0.122 e. The minimum absolute atomic E-state index is 0.212. The molecular weight excluding hydrogens is 176 g/mol. The Labute approximate surface area is 84.9 Å². The number of nitrogens with zero attached hydrogens (tertiary/aromatic N) is 1. The summed E-state index contributed by atoms with van der Waals surface area (Å²) in [6.07, 6.45) is 2.78. The van der Waals surface area contributed by atoms with Gasteiger partial charge in [-0.15, -0.1) is 0 Å². The second-order valence-corrected chi connectivity index (χ2v) is 4.24. The summed E-state index contributed by atoms with van der Waals surface area (Å²) in [6, 6.07) is 4.96. The van der Waals surface area contributed by atoms with Crippen molar-refractivity contribution in [3.8, 4) is 0 Å². The van der Waals surface area contributed by atoms with Crippen LogP contribution in [0.1, 0.15) is 32.1 Å². The van der Waals surface area contributed by atoms with Gasteiger partial charge in [-0.3, -0.25) is 4.90 Å². The average Bonchev–Trinajstić information content (AvgIpc) is 2.71. The van der Waals surface area contributed by atoms with Gasteiger partial charge in [0.15, 0.2) is 0 Å². The van der Waals surface area contributed by atoms with Crippen LogP contribution >= 0.6 is 0 Å². The maximum Gasteiger partial charge on any atom is 0.122 e. The lowest BCUT2D eigenvalue weighted by atomic mass is 10.1. The molecular formula is C11H18N2O. The molecule has 3 heteroatoms. The van der Waals surface area contributed by atoms with Crippen molar-refractivity contribution in [1.82, 2.24) is 4.90 Å². The number of nitrogens with two attached hydrogens (primary N) is 1. The van der Waals surface area contributed by atoms with E-state index in [-0.39, 0.29) is 12.1 Å². The molecule has 1 saturated heterocycles. The normalized spacial score (nSPS) is 28.9. The van der Waals surface area contributed by atoms with Crippen molar-refractivity contribution in [2.45, 2.75) is 38.4 Å². The van der Waals surface area contributed by atoms with E-state index in [1.165, 1.54) is 0 Å². The maximum absolute atomic E-state index is 6.10. The third-order valence-corrected chi connectivity index (χ3v) is 2.98. The lowest BCUT2D eigenvalue weighted by Crippen LogP contribution is -2.35. The predicted molar refractivity (Wildman–Crippen MR) is 55.9 cm³/mol. The number of likely N-dealkylation sites (tertiary alicyclic amines) is 1. The summed E-state index contributed by atoms with van der Waals surface area (Å²) in [5.74, 6) is 1.00. The van der Waals surface area contributed by atoms with Crippen molar-refractivity contribution < 1.29 is 4.42 Å². The first-order valence-corrected chi connectivity index (χ1v) is 5.25. The summed E-state index contributed by atoms with van der Waals surface area (Å²) < 4.78 is 5.45. The van der Waals surface area contributed by atoms with Gasteiger partial charge in [-0.25, -0.2) is 0 Å². The van der Waals surface area contributed by atoms with Crippen molar-refractivity contribution in [3.05, 3.63) is 24.2 Å². The highest BCUT2D eigenvalue weighted by Gasteiger charge is 2.35. The van der Waals surface area contributed by atoms with E-state index >= 15 is 0 Å². The molecule has 0 spiro atoms. The van der Waals surface area contributed by atoms with Gasteiger partial charge >= 0.3 is 0 Å². The molecule has 1 aromatic heterocycles. The Hall–Kier alpha value is -0.800. The van der Waals surface area contributed by atoms with Gasteiger partial charge in [0.05, 0.1) is 12.3 Å². The molecule has 0 unspecified atom stereocenters. The molecule has 1 aliphatic heterocycles. The lowest BCUT2D eigenvalue weighted by Gasteiger charge is -2.28. The Kier molecular flexibility index (Phi) is 2.61. The molecule has 0 radical (unpaired) electrons. The second kappa shape index (κ2) is 3.75. The highest BCUT2D eigenvalue weighted by Crippen LogP contribution is 2.32. The topological polar surface area (TPSA) is 42.4 Å². The fraction of sp³-hybridized carbons (Fsp3) is 0.636. The summed E-state index contributed by atoms with van der Waals surface area (Å²) >= 11 is 0. The molecule has 14 heavy (non-hydrogen) atoms. The monoisotopic (exact) mass is 194 g/mol. The van der Waals surface area contributed by atoms with Crippen molar-refractivity contribution in [1.29, 1.82) is 0 Å². The van der Waals surface area contributed by atoms with Crippen LogP contribution in [0.2, 0.25) is 0 Å². The van der Waals surface area contributed by atoms with Crippen molar-refractivity contribution in [2.24, 2.45) is 5.73 Å². The molecule has 1 aromatic rings. The van der Waals surface area contributed by atoms with Crippen LogP contribution in [-0.2, 0) is 0 Å². The second-order valence-electron chi connectivity index (χ2n) is 4.24. The van der Waals surface area contributed by atoms with Crippen molar-refractivity contribution >= 4 is 0 Å². The van der Waals surface area contributed by atoms with Crippen LogP contribution in [0.25, 0.3) is 0 Å². The highest BCUT2D eigenvalue weighted by atomic mass is 16.3. The van der Waals surface area contributed by atoms with Crippen molar-refractivity contribution in [3.63, 3.8) is 0 Å². The number of rotatable bonds is 2. The third-order valence-electron chi connectivity index (χ3n) is 2.98. The first kappa shape index (κ1) is 9.74. The Morgan fingerprint density at radius 2 is 2.36 bits per heavy atom. The minimum Gasteiger partial charge on any atom is -0.468 e. The van der Waals surface area contributed by atoms with Gasteiger partial charge in [-0.2, -0.15) is 0 Å². The Morgan fingerprint density at radius 3 is 2.93 bits per heavy atom. The van der Waals surface area contributed by atoms with Crippen LogP contribution in [0.15, 0.2) is 22.8 Å². The van der Waals surface area contributed by atoms with Gasteiger partial charge in [0.25, 0.3) is 0 Å². The van der Waals surface area contributed by atoms with Gasteiger partial charge in [0, 0.05) is 18.6 Å². The van der Waals surface area contributed by atoms with Crippen LogP contribution in [0.4, 0.5) is 0 Å². The van der Waals surface area contributed by atoms with E-state index in [4.69, 9.17) is 10.2 Å². The molecule has 78 valence electrons. The summed E-state index contributed by atoms with van der Waals surface area (Å²) in [6.45, 7) is 5.48. The maximum atomic E-state index is 6.10. The summed E-state index contributed by atoms with van der Waals surface area (Å²) in [5, 5.41) is 0. The van der Waals surface area contributed by atoms with Crippen LogP contribution in [0.3, 0.4) is 0 Å². The fourth-order valence-corrected chi connectivity index (χ4v) is 2.25. The average molecular weight is 194 g/mol. The van der Waals surface area contributed by atoms with E-state index in [0.29, 0.717) is 6.04 Å². The fourth-order valence-electron chi connectivity index (χ4n) is 2.25. The van der Waals surface area contributed by atoms with E-state index in [0.717, 1.165) is 18.7 Å². The van der Waals surface area contributed by atoms with Gasteiger partial charge in [-0.1, -0.05) is 0 Å². The zero-order valence-electron chi connectivity index (χ0n) is 8.81. The molecule has 0 saturated carbocycles. The third kappa shape index (κ3) is 1.57. The van der Waals surface area contributed by atoms with Gasteiger partial charge < -0.3 is 10.2 Å². The molecule has 2 atom stereocenters. The Bertz CT molecular complexity index is 281. The molecule has 1 fully saturated rings. The first-order valence-electron chi connectivity index (χ1n) is 5.25. The van der Waals surface area contributed by atoms with E-state index in [1.54, 1.807) is 6.26 Å². The van der Waals surface area contributed by atoms with Gasteiger partial charge in [0.1, 0.15) is 5.76 Å². The van der Waals surface area contributed by atoms with E-state index in [9.17, 15) is 0 Å². The highest BCUT2D eigenvalue weighted by molar-refractivity contribution is 5.10. The predicted octanol–water partition coefficient (Wildman–Crippen LogP) is 1.76.